The summed E-state index contributed by atoms with van der Waals surface area (Å²) in [5.41, 5.74) is 0.986. The molecule has 1 aromatic heterocycles. The highest BCUT2D eigenvalue weighted by molar-refractivity contribution is 5.84. The van der Waals surface area contributed by atoms with Gasteiger partial charge in [-0.3, -0.25) is 0 Å². The number of nitrogens with zero attached hydrogens (tertiary/aromatic N) is 1. The van der Waals surface area contributed by atoms with Crippen molar-refractivity contribution in [3.05, 3.63) is 35.8 Å². The number of aryl methyl sites for hydroxylation is 1. The minimum Gasteiger partial charge on any atom is -0.467 e. The molecule has 0 amide bonds. The first-order chi connectivity index (χ1) is 8.04. The molecule has 1 atom stereocenters. The monoisotopic (exact) mass is 237 g/mol. The second-order valence-corrected chi connectivity index (χ2v) is 3.76. The van der Waals surface area contributed by atoms with Gasteiger partial charge in [0.1, 0.15) is 5.82 Å². The van der Waals surface area contributed by atoms with E-state index in [0.29, 0.717) is 11.2 Å². The van der Waals surface area contributed by atoms with Crippen LogP contribution in [0.4, 0.5) is 4.39 Å². The number of ether oxygens (including phenoxy) is 1. The zero-order chi connectivity index (χ0) is 12.6. The number of aliphatic hydroxyl groups is 1. The predicted molar refractivity (Wildman–Crippen MR) is 59.9 cm³/mol. The number of aromatic nitrogens is 1. The summed E-state index contributed by atoms with van der Waals surface area (Å²) >= 11 is 0. The van der Waals surface area contributed by atoms with Gasteiger partial charge >= 0.3 is 5.97 Å². The molecule has 5 heteroatoms. The van der Waals surface area contributed by atoms with Crippen LogP contribution in [0, 0.1) is 5.82 Å². The molecule has 1 heterocycles. The lowest BCUT2D eigenvalue weighted by Gasteiger charge is -2.09. The van der Waals surface area contributed by atoms with Crippen molar-refractivity contribution in [2.75, 3.05) is 7.11 Å². The third-order valence-corrected chi connectivity index (χ3v) is 2.75. The summed E-state index contributed by atoms with van der Waals surface area (Å²) in [7, 11) is 2.86. The van der Waals surface area contributed by atoms with E-state index in [2.05, 4.69) is 4.74 Å². The van der Waals surface area contributed by atoms with E-state index in [1.807, 2.05) is 0 Å². The lowest BCUT2D eigenvalue weighted by atomic mass is 10.2. The first-order valence-corrected chi connectivity index (χ1v) is 5.05. The van der Waals surface area contributed by atoms with Crippen LogP contribution >= 0.6 is 0 Å². The number of esters is 1. The van der Waals surface area contributed by atoms with Crippen molar-refractivity contribution < 1.29 is 19.0 Å². The number of methoxy groups -OCH3 is 1. The molecule has 0 saturated heterocycles. The lowest BCUT2D eigenvalue weighted by Crippen LogP contribution is -2.16. The fourth-order valence-electron chi connectivity index (χ4n) is 1.82. The molecule has 0 aliphatic carbocycles. The van der Waals surface area contributed by atoms with E-state index < -0.39 is 12.1 Å². The van der Waals surface area contributed by atoms with Gasteiger partial charge in [0.15, 0.2) is 6.10 Å². The molecule has 0 radical (unpaired) electrons. The van der Waals surface area contributed by atoms with Gasteiger partial charge in [0.25, 0.3) is 0 Å². The van der Waals surface area contributed by atoms with Gasteiger partial charge in [0.05, 0.1) is 18.3 Å². The molecule has 17 heavy (non-hydrogen) atoms. The molecule has 0 aliphatic rings. The summed E-state index contributed by atoms with van der Waals surface area (Å²) in [6.07, 6.45) is -1.36. The van der Waals surface area contributed by atoms with Crippen LogP contribution in [0.2, 0.25) is 0 Å². The van der Waals surface area contributed by atoms with E-state index in [1.54, 1.807) is 23.7 Å². The number of rotatable bonds is 2. The van der Waals surface area contributed by atoms with Crippen LogP contribution in [0.3, 0.4) is 0 Å². The van der Waals surface area contributed by atoms with Crippen molar-refractivity contribution in [2.45, 2.75) is 6.10 Å². The largest absolute Gasteiger partial charge is 0.467 e. The quantitative estimate of drug-likeness (QED) is 0.806. The SMILES string of the molecule is COC(=O)C(O)c1cc2ccc(F)cc2n1C. The van der Waals surface area contributed by atoms with E-state index >= 15 is 0 Å². The molecule has 1 N–H and O–H groups in total. The molecule has 1 unspecified atom stereocenters. The fraction of sp³-hybridized carbons (Fsp3) is 0.250. The predicted octanol–water partition coefficient (Wildman–Crippen LogP) is 1.52. The first kappa shape index (κ1) is 11.6. The zero-order valence-corrected chi connectivity index (χ0v) is 9.48. The highest BCUT2D eigenvalue weighted by atomic mass is 19.1. The Morgan fingerprint density at radius 3 is 2.82 bits per heavy atom. The summed E-state index contributed by atoms with van der Waals surface area (Å²) in [5, 5.41) is 10.5. The van der Waals surface area contributed by atoms with Crippen molar-refractivity contribution in [3.8, 4) is 0 Å². The molecule has 4 nitrogen and oxygen atoms in total. The standard InChI is InChI=1S/C12H12FNO3/c1-14-9-6-8(13)4-3-7(9)5-10(14)11(15)12(16)17-2/h3-6,11,15H,1-2H3. The number of hydrogen-bond acceptors (Lipinski definition) is 3. The minimum atomic E-state index is -1.36. The van der Waals surface area contributed by atoms with E-state index in [9.17, 15) is 14.3 Å². The first-order valence-electron chi connectivity index (χ1n) is 5.05. The summed E-state index contributed by atoms with van der Waals surface area (Å²) in [6, 6.07) is 5.91. The van der Waals surface area contributed by atoms with Crippen molar-refractivity contribution in [3.63, 3.8) is 0 Å². The Balaban J connectivity index is 2.56. The normalized spacial score (nSPS) is 12.7. The van der Waals surface area contributed by atoms with Crippen LogP contribution in [-0.2, 0) is 16.6 Å². The molecule has 0 fully saturated rings. The fourth-order valence-corrected chi connectivity index (χ4v) is 1.82. The topological polar surface area (TPSA) is 51.5 Å². The molecular formula is C12H12FNO3. The maximum Gasteiger partial charge on any atom is 0.340 e. The molecule has 2 aromatic rings. The Hall–Kier alpha value is -1.88. The molecular weight excluding hydrogens is 225 g/mol. The summed E-state index contributed by atoms with van der Waals surface area (Å²) in [6.45, 7) is 0. The van der Waals surface area contributed by atoms with Crippen LogP contribution in [0.25, 0.3) is 10.9 Å². The Kier molecular flexibility index (Phi) is 2.85. The summed E-state index contributed by atoms with van der Waals surface area (Å²) in [4.78, 5) is 11.2. The minimum absolute atomic E-state index is 0.363. The van der Waals surface area contributed by atoms with E-state index in [1.165, 1.54) is 19.2 Å². The molecule has 90 valence electrons. The van der Waals surface area contributed by atoms with E-state index in [-0.39, 0.29) is 5.82 Å². The average Bonchev–Trinajstić information content (AvgIpc) is 2.65. The third-order valence-electron chi connectivity index (χ3n) is 2.75. The smallest absolute Gasteiger partial charge is 0.340 e. The van der Waals surface area contributed by atoms with E-state index in [0.717, 1.165) is 5.39 Å². The van der Waals surface area contributed by atoms with Gasteiger partial charge in [-0.25, -0.2) is 9.18 Å². The van der Waals surface area contributed by atoms with Gasteiger partial charge in [0.2, 0.25) is 0 Å². The Labute approximate surface area is 97.2 Å². The number of fused-ring (bicyclic) bond motifs is 1. The number of benzene rings is 1. The number of halogens is 1. The molecule has 0 aliphatic heterocycles. The summed E-state index contributed by atoms with van der Waals surface area (Å²) in [5.74, 6) is -1.10. The van der Waals surface area contributed by atoms with Crippen LogP contribution in [0.15, 0.2) is 24.3 Å². The maximum absolute atomic E-state index is 13.1. The number of hydrogen-bond donors (Lipinski definition) is 1. The number of carbonyl (C=O) groups excluding carboxylic acids is 1. The Morgan fingerprint density at radius 1 is 1.47 bits per heavy atom. The van der Waals surface area contributed by atoms with Gasteiger partial charge in [0, 0.05) is 12.4 Å². The maximum atomic E-state index is 13.1. The third kappa shape index (κ3) is 1.89. The van der Waals surface area contributed by atoms with Crippen LogP contribution in [-0.4, -0.2) is 22.8 Å². The molecule has 0 bridgehead atoms. The molecule has 0 spiro atoms. The second kappa shape index (κ2) is 4.18. The highest BCUT2D eigenvalue weighted by Gasteiger charge is 2.22. The van der Waals surface area contributed by atoms with E-state index in [4.69, 9.17) is 0 Å². The van der Waals surface area contributed by atoms with Crippen molar-refractivity contribution in [1.29, 1.82) is 0 Å². The van der Waals surface area contributed by atoms with Crippen LogP contribution in [0.5, 0.6) is 0 Å². The van der Waals surface area contributed by atoms with Gasteiger partial charge in [-0.2, -0.15) is 0 Å². The van der Waals surface area contributed by atoms with Crippen LogP contribution < -0.4 is 0 Å². The van der Waals surface area contributed by atoms with Crippen molar-refractivity contribution >= 4 is 16.9 Å². The van der Waals surface area contributed by atoms with Gasteiger partial charge in [-0.1, -0.05) is 0 Å². The molecule has 1 aromatic carbocycles. The molecule has 2 rings (SSSR count). The van der Waals surface area contributed by atoms with Gasteiger partial charge in [-0.15, -0.1) is 0 Å². The van der Waals surface area contributed by atoms with Crippen LogP contribution in [0.1, 0.15) is 11.8 Å². The summed E-state index contributed by atoms with van der Waals surface area (Å²) < 4.78 is 19.1. The second-order valence-electron chi connectivity index (χ2n) is 3.76. The Bertz CT molecular complexity index is 576. The Morgan fingerprint density at radius 2 is 2.18 bits per heavy atom. The van der Waals surface area contributed by atoms with Crippen molar-refractivity contribution in [1.82, 2.24) is 4.57 Å². The zero-order valence-electron chi connectivity index (χ0n) is 9.48. The van der Waals surface area contributed by atoms with Gasteiger partial charge in [-0.05, 0) is 24.3 Å². The van der Waals surface area contributed by atoms with Crippen molar-refractivity contribution in [2.24, 2.45) is 7.05 Å². The number of carbonyl (C=O) groups is 1. The lowest BCUT2D eigenvalue weighted by molar-refractivity contribution is -0.151. The average molecular weight is 237 g/mol. The van der Waals surface area contributed by atoms with Gasteiger partial charge < -0.3 is 14.4 Å². The number of aliphatic hydroxyl groups excluding tert-OH is 1. The highest BCUT2D eigenvalue weighted by Crippen LogP contribution is 2.24. The molecule has 0 saturated carbocycles.